The van der Waals surface area contributed by atoms with Crippen LogP contribution in [0.15, 0.2) is 23.1 Å². The number of piperidine rings is 1. The number of amides is 1. The molecule has 0 spiro atoms. The second-order valence-corrected chi connectivity index (χ2v) is 7.36. The highest BCUT2D eigenvalue weighted by molar-refractivity contribution is 8.26. The molecule has 3 nitrogen and oxygen atoms in total. The molecule has 122 valence electrons. The third-order valence-corrected chi connectivity index (χ3v) is 5.56. The van der Waals surface area contributed by atoms with Crippen LogP contribution in [0.3, 0.4) is 0 Å². The summed E-state index contributed by atoms with van der Waals surface area (Å²) >= 11 is 6.41. The van der Waals surface area contributed by atoms with Gasteiger partial charge in [0.2, 0.25) is 0 Å². The second kappa shape index (κ2) is 7.01. The van der Waals surface area contributed by atoms with E-state index < -0.39 is 0 Å². The van der Waals surface area contributed by atoms with Gasteiger partial charge in [-0.2, -0.15) is 0 Å². The van der Waals surface area contributed by atoms with Gasteiger partial charge in [-0.05, 0) is 50.5 Å². The van der Waals surface area contributed by atoms with Crippen LogP contribution in [-0.2, 0) is 4.79 Å². The van der Waals surface area contributed by atoms with Crippen molar-refractivity contribution in [1.29, 1.82) is 0 Å². The zero-order chi connectivity index (χ0) is 16.4. The molecule has 0 radical (unpaired) electrons. The molecule has 1 aromatic rings. The van der Waals surface area contributed by atoms with Crippen LogP contribution < -0.4 is 4.90 Å². The first kappa shape index (κ1) is 16.5. The first-order valence-corrected chi connectivity index (χ1v) is 9.12. The van der Waals surface area contributed by atoms with Crippen LogP contribution in [0.4, 0.5) is 10.1 Å². The molecule has 1 aromatic carbocycles. The summed E-state index contributed by atoms with van der Waals surface area (Å²) in [5, 5.41) is 0. The van der Waals surface area contributed by atoms with Crippen molar-refractivity contribution in [2.75, 3.05) is 24.5 Å². The fourth-order valence-electron chi connectivity index (χ4n) is 2.90. The quantitative estimate of drug-likeness (QED) is 0.606. The molecule has 23 heavy (non-hydrogen) atoms. The number of rotatable bonds is 3. The molecule has 2 saturated heterocycles. The predicted octanol–water partition coefficient (Wildman–Crippen LogP) is 4.04. The molecule has 0 aromatic heterocycles. The van der Waals surface area contributed by atoms with Gasteiger partial charge in [-0.3, -0.25) is 9.69 Å². The van der Waals surface area contributed by atoms with Crippen molar-refractivity contribution in [2.45, 2.75) is 26.2 Å². The van der Waals surface area contributed by atoms with E-state index in [-0.39, 0.29) is 11.7 Å². The van der Waals surface area contributed by atoms with E-state index in [1.807, 2.05) is 13.0 Å². The summed E-state index contributed by atoms with van der Waals surface area (Å²) in [5.41, 5.74) is 1.35. The largest absolute Gasteiger partial charge is 0.371 e. The number of carbonyl (C=O) groups is 1. The molecule has 2 aliphatic heterocycles. The van der Waals surface area contributed by atoms with E-state index in [1.165, 1.54) is 23.1 Å². The minimum atomic E-state index is -0.296. The third kappa shape index (κ3) is 3.43. The summed E-state index contributed by atoms with van der Waals surface area (Å²) < 4.78 is 15.0. The first-order valence-electron chi connectivity index (χ1n) is 7.90. The van der Waals surface area contributed by atoms with E-state index in [0.29, 0.717) is 21.3 Å². The van der Waals surface area contributed by atoms with Gasteiger partial charge >= 0.3 is 0 Å². The Morgan fingerprint density at radius 3 is 2.65 bits per heavy atom. The van der Waals surface area contributed by atoms with Crippen molar-refractivity contribution in [1.82, 2.24) is 4.90 Å². The summed E-state index contributed by atoms with van der Waals surface area (Å²) in [5.74, 6) is -0.433. The molecule has 2 fully saturated rings. The Balaban J connectivity index is 1.82. The van der Waals surface area contributed by atoms with Crippen LogP contribution in [-0.4, -0.2) is 34.8 Å². The summed E-state index contributed by atoms with van der Waals surface area (Å²) in [6.07, 6.45) is 5.16. The maximum atomic E-state index is 14.4. The highest BCUT2D eigenvalue weighted by Crippen LogP contribution is 2.33. The van der Waals surface area contributed by atoms with Crippen LogP contribution >= 0.6 is 24.0 Å². The monoisotopic (exact) mass is 350 g/mol. The van der Waals surface area contributed by atoms with Crippen LogP contribution in [0.1, 0.15) is 31.7 Å². The smallest absolute Gasteiger partial charge is 0.266 e. The van der Waals surface area contributed by atoms with Crippen molar-refractivity contribution in [2.24, 2.45) is 0 Å². The van der Waals surface area contributed by atoms with Crippen molar-refractivity contribution >= 4 is 46.0 Å². The average Bonchev–Trinajstić information content (AvgIpc) is 2.83. The van der Waals surface area contributed by atoms with E-state index in [0.717, 1.165) is 31.6 Å². The number of anilines is 1. The van der Waals surface area contributed by atoms with Crippen molar-refractivity contribution in [3.05, 3.63) is 34.5 Å². The molecular weight excluding hydrogens is 331 g/mol. The standard InChI is InChI=1S/C17H19FN2OS2/c1-2-20-16(21)15(23-17(20)22)10-12-6-7-13(11-14(12)18)19-8-4-3-5-9-19/h6-7,10-11H,2-5,8-9H2,1H3/b15-10-. The molecule has 6 heteroatoms. The number of benzene rings is 1. The average molecular weight is 350 g/mol. The summed E-state index contributed by atoms with van der Waals surface area (Å²) in [6, 6.07) is 5.25. The molecule has 2 aliphatic rings. The van der Waals surface area contributed by atoms with Gasteiger partial charge in [0.1, 0.15) is 10.1 Å². The van der Waals surface area contributed by atoms with Gasteiger partial charge in [-0.15, -0.1) is 0 Å². The number of halogens is 1. The minimum absolute atomic E-state index is 0.137. The fraction of sp³-hybridized carbons (Fsp3) is 0.412. The maximum absolute atomic E-state index is 14.4. The topological polar surface area (TPSA) is 23.6 Å². The number of likely N-dealkylation sites (N-methyl/N-ethyl adjacent to an activating group) is 1. The lowest BCUT2D eigenvalue weighted by Gasteiger charge is -2.28. The van der Waals surface area contributed by atoms with Gasteiger partial charge in [-0.1, -0.05) is 24.0 Å². The Morgan fingerprint density at radius 2 is 2.04 bits per heavy atom. The van der Waals surface area contributed by atoms with Crippen molar-refractivity contribution in [3.8, 4) is 0 Å². The van der Waals surface area contributed by atoms with E-state index in [1.54, 1.807) is 18.2 Å². The van der Waals surface area contributed by atoms with Crippen molar-refractivity contribution in [3.63, 3.8) is 0 Å². The Hall–Kier alpha value is -1.40. The molecule has 0 saturated carbocycles. The van der Waals surface area contributed by atoms with Crippen LogP contribution in [0.5, 0.6) is 0 Å². The number of carbonyl (C=O) groups excluding carboxylic acids is 1. The Morgan fingerprint density at radius 1 is 1.30 bits per heavy atom. The molecule has 0 N–H and O–H groups in total. The number of hydrogen-bond acceptors (Lipinski definition) is 4. The van der Waals surface area contributed by atoms with Gasteiger partial charge in [-0.25, -0.2) is 4.39 Å². The normalized spacial score (nSPS) is 20.7. The predicted molar refractivity (Wildman–Crippen MR) is 98.0 cm³/mol. The molecule has 3 rings (SSSR count). The van der Waals surface area contributed by atoms with Gasteiger partial charge in [0.15, 0.2) is 0 Å². The Kier molecular flexibility index (Phi) is 5.02. The molecule has 1 amide bonds. The number of hydrogen-bond donors (Lipinski definition) is 0. The Labute approximate surface area is 145 Å². The van der Waals surface area contributed by atoms with Crippen LogP contribution in [0, 0.1) is 5.82 Å². The van der Waals surface area contributed by atoms with E-state index >= 15 is 0 Å². The maximum Gasteiger partial charge on any atom is 0.266 e. The van der Waals surface area contributed by atoms with Gasteiger partial charge in [0.25, 0.3) is 5.91 Å². The lowest BCUT2D eigenvalue weighted by molar-refractivity contribution is -0.121. The number of thioether (sulfide) groups is 1. The van der Waals surface area contributed by atoms with Crippen LogP contribution in [0.2, 0.25) is 0 Å². The summed E-state index contributed by atoms with van der Waals surface area (Å²) in [7, 11) is 0. The first-order chi connectivity index (χ1) is 11.1. The second-order valence-electron chi connectivity index (χ2n) is 5.68. The molecule has 0 aliphatic carbocycles. The summed E-state index contributed by atoms with van der Waals surface area (Å²) in [4.78, 5) is 16.4. The van der Waals surface area contributed by atoms with E-state index in [2.05, 4.69) is 4.90 Å². The minimum Gasteiger partial charge on any atom is -0.371 e. The molecular formula is C17H19FN2OS2. The van der Waals surface area contributed by atoms with Crippen LogP contribution in [0.25, 0.3) is 6.08 Å². The molecule has 2 heterocycles. The zero-order valence-electron chi connectivity index (χ0n) is 13.0. The molecule has 0 atom stereocenters. The Bertz CT molecular complexity index is 669. The summed E-state index contributed by atoms with van der Waals surface area (Å²) in [6.45, 7) is 4.38. The molecule has 0 bridgehead atoms. The number of nitrogens with zero attached hydrogens (tertiary/aromatic N) is 2. The zero-order valence-corrected chi connectivity index (χ0v) is 14.7. The highest BCUT2D eigenvalue weighted by Gasteiger charge is 2.30. The van der Waals surface area contributed by atoms with E-state index in [9.17, 15) is 9.18 Å². The number of thiocarbonyl (C=S) groups is 1. The SMILES string of the molecule is CCN1C(=O)/C(=C/c2ccc(N3CCCCC3)cc2F)SC1=S. The van der Waals surface area contributed by atoms with Gasteiger partial charge in [0.05, 0.1) is 4.91 Å². The van der Waals surface area contributed by atoms with Gasteiger partial charge < -0.3 is 4.90 Å². The van der Waals surface area contributed by atoms with Gasteiger partial charge in [0, 0.05) is 30.9 Å². The highest BCUT2D eigenvalue weighted by atomic mass is 32.2. The lowest BCUT2D eigenvalue weighted by atomic mass is 10.1. The third-order valence-electron chi connectivity index (χ3n) is 4.18. The fourth-order valence-corrected chi connectivity index (χ4v) is 4.27. The lowest BCUT2D eigenvalue weighted by Crippen LogP contribution is -2.29. The van der Waals surface area contributed by atoms with E-state index in [4.69, 9.17) is 12.2 Å². The van der Waals surface area contributed by atoms with Crippen molar-refractivity contribution < 1.29 is 9.18 Å². The molecule has 0 unspecified atom stereocenters.